The maximum atomic E-state index is 13.1. The summed E-state index contributed by atoms with van der Waals surface area (Å²) in [6, 6.07) is 11.6. The third-order valence-corrected chi connectivity index (χ3v) is 3.70. The number of ether oxygens (including phenoxy) is 1. The molecule has 0 aliphatic carbocycles. The third kappa shape index (κ3) is 5.54. The van der Waals surface area contributed by atoms with Crippen LogP contribution in [0.1, 0.15) is 5.56 Å². The van der Waals surface area contributed by atoms with Gasteiger partial charge in [-0.3, -0.25) is 14.9 Å². The molecule has 2 aromatic carbocycles. The van der Waals surface area contributed by atoms with Crippen LogP contribution in [0.15, 0.2) is 54.2 Å². The molecular formula is C19H17FN4O4. The van der Waals surface area contributed by atoms with Gasteiger partial charge in [0.2, 0.25) is 0 Å². The number of hydrogen-bond acceptors (Lipinski definition) is 6. The Labute approximate surface area is 160 Å². The lowest BCUT2D eigenvalue weighted by Crippen LogP contribution is -2.18. The maximum Gasteiger partial charge on any atom is 0.273 e. The number of anilines is 1. The van der Waals surface area contributed by atoms with Gasteiger partial charge in [0.1, 0.15) is 23.2 Å². The predicted molar refractivity (Wildman–Crippen MR) is 100 cm³/mol. The van der Waals surface area contributed by atoms with Crippen LogP contribution in [0.25, 0.3) is 0 Å². The summed E-state index contributed by atoms with van der Waals surface area (Å²) in [5.74, 6) is -0.936. The molecule has 0 fully saturated rings. The molecule has 0 radical (unpaired) electrons. The first-order chi connectivity index (χ1) is 13.4. The van der Waals surface area contributed by atoms with Gasteiger partial charge in [0.05, 0.1) is 23.8 Å². The van der Waals surface area contributed by atoms with Gasteiger partial charge < -0.3 is 15.4 Å². The Hall–Kier alpha value is -3.93. The van der Waals surface area contributed by atoms with E-state index in [4.69, 9.17) is 4.74 Å². The van der Waals surface area contributed by atoms with Crippen molar-refractivity contribution in [1.29, 1.82) is 5.26 Å². The zero-order chi connectivity index (χ0) is 20.5. The van der Waals surface area contributed by atoms with Crippen molar-refractivity contribution in [2.24, 2.45) is 0 Å². The van der Waals surface area contributed by atoms with Crippen molar-refractivity contribution in [3.8, 4) is 11.8 Å². The Bertz CT molecular complexity index is 953. The van der Waals surface area contributed by atoms with Crippen LogP contribution in [0.3, 0.4) is 0 Å². The van der Waals surface area contributed by atoms with Gasteiger partial charge in [0.15, 0.2) is 0 Å². The van der Waals surface area contributed by atoms with Gasteiger partial charge in [-0.2, -0.15) is 5.26 Å². The summed E-state index contributed by atoms with van der Waals surface area (Å²) < 4.78 is 18.2. The van der Waals surface area contributed by atoms with E-state index in [1.54, 1.807) is 18.2 Å². The van der Waals surface area contributed by atoms with E-state index in [1.165, 1.54) is 43.6 Å². The fourth-order valence-electron chi connectivity index (χ4n) is 2.32. The van der Waals surface area contributed by atoms with Crippen molar-refractivity contribution in [2.45, 2.75) is 6.42 Å². The quantitative estimate of drug-likeness (QED) is 0.238. The fraction of sp³-hybridized carbons (Fsp3) is 0.158. The molecule has 0 heterocycles. The zero-order valence-electron chi connectivity index (χ0n) is 14.9. The summed E-state index contributed by atoms with van der Waals surface area (Å²) in [5.41, 5.74) is 0.586. The van der Waals surface area contributed by atoms with E-state index in [0.717, 1.165) is 5.56 Å². The second-order valence-electron chi connectivity index (χ2n) is 5.60. The van der Waals surface area contributed by atoms with Gasteiger partial charge in [-0.05, 0) is 30.2 Å². The number of nitrogens with zero attached hydrogens (tertiary/aromatic N) is 2. The van der Waals surface area contributed by atoms with Crippen molar-refractivity contribution in [1.82, 2.24) is 5.32 Å². The molecule has 144 valence electrons. The highest BCUT2D eigenvalue weighted by atomic mass is 19.1. The first kappa shape index (κ1) is 20.4. The van der Waals surface area contributed by atoms with Gasteiger partial charge in [0, 0.05) is 18.8 Å². The highest BCUT2D eigenvalue weighted by Gasteiger charge is 2.15. The number of carbonyl (C=O) groups excluding carboxylic acids is 1. The van der Waals surface area contributed by atoms with Crippen LogP contribution in [0, 0.1) is 27.3 Å². The topological polar surface area (TPSA) is 117 Å². The SMILES string of the molecule is COc1cc([N+](=O)[O-])ccc1NC(=O)/C(C#N)=C\NCCc1cccc(F)c1. The summed E-state index contributed by atoms with van der Waals surface area (Å²) in [6.07, 6.45) is 1.76. The van der Waals surface area contributed by atoms with Gasteiger partial charge in [-0.15, -0.1) is 0 Å². The smallest absolute Gasteiger partial charge is 0.273 e. The monoisotopic (exact) mass is 384 g/mol. The second kappa shape index (κ2) is 9.68. The average molecular weight is 384 g/mol. The van der Waals surface area contributed by atoms with Crippen LogP contribution in [0.2, 0.25) is 0 Å². The summed E-state index contributed by atoms with van der Waals surface area (Å²) >= 11 is 0. The molecule has 2 aromatic rings. The Morgan fingerprint density at radius 2 is 2.14 bits per heavy atom. The molecule has 8 nitrogen and oxygen atoms in total. The molecule has 0 atom stereocenters. The molecule has 0 saturated carbocycles. The van der Waals surface area contributed by atoms with Crippen molar-refractivity contribution >= 4 is 17.3 Å². The van der Waals surface area contributed by atoms with E-state index in [1.807, 2.05) is 0 Å². The summed E-state index contributed by atoms with van der Waals surface area (Å²) in [5, 5.41) is 25.3. The number of methoxy groups -OCH3 is 1. The van der Waals surface area contributed by atoms with Gasteiger partial charge in [-0.25, -0.2) is 4.39 Å². The average Bonchev–Trinajstić information content (AvgIpc) is 2.68. The van der Waals surface area contributed by atoms with E-state index in [0.29, 0.717) is 13.0 Å². The molecule has 2 N–H and O–H groups in total. The first-order valence-electron chi connectivity index (χ1n) is 8.16. The lowest BCUT2D eigenvalue weighted by atomic mass is 10.1. The van der Waals surface area contributed by atoms with Crippen LogP contribution < -0.4 is 15.4 Å². The number of non-ortho nitro benzene ring substituents is 1. The minimum absolute atomic E-state index is 0.0962. The molecule has 1 amide bonds. The Kier molecular flexibility index (Phi) is 7.05. The largest absolute Gasteiger partial charge is 0.494 e. The molecule has 0 spiro atoms. The normalized spacial score (nSPS) is 10.7. The number of hydrogen-bond donors (Lipinski definition) is 2. The zero-order valence-corrected chi connectivity index (χ0v) is 14.9. The number of nitro groups is 1. The van der Waals surface area contributed by atoms with Crippen LogP contribution in [0.4, 0.5) is 15.8 Å². The Morgan fingerprint density at radius 1 is 1.36 bits per heavy atom. The second-order valence-corrected chi connectivity index (χ2v) is 5.60. The molecule has 0 aliphatic rings. The van der Waals surface area contributed by atoms with Crippen LogP contribution in [-0.4, -0.2) is 24.5 Å². The van der Waals surface area contributed by atoms with E-state index >= 15 is 0 Å². The Balaban J connectivity index is 2.00. The number of nitriles is 1. The number of benzene rings is 2. The predicted octanol–water partition coefficient (Wildman–Crippen LogP) is 2.92. The summed E-state index contributed by atoms with van der Waals surface area (Å²) in [6.45, 7) is 0.392. The number of nitrogens with one attached hydrogen (secondary N) is 2. The van der Waals surface area contributed by atoms with Gasteiger partial charge in [0.25, 0.3) is 11.6 Å². The van der Waals surface area contributed by atoms with E-state index in [2.05, 4.69) is 10.6 Å². The molecule has 2 rings (SSSR count). The minimum Gasteiger partial charge on any atom is -0.494 e. The lowest BCUT2D eigenvalue weighted by molar-refractivity contribution is -0.384. The van der Waals surface area contributed by atoms with Crippen molar-refractivity contribution in [3.63, 3.8) is 0 Å². The standard InChI is InChI=1S/C19H17FN4O4/c1-28-18-10-16(24(26)27)5-6-17(18)23-19(25)14(11-21)12-22-8-7-13-3-2-4-15(20)9-13/h2-6,9-10,12,22H,7-8H2,1H3,(H,23,25)/b14-12-. The van der Waals surface area contributed by atoms with Crippen molar-refractivity contribution in [3.05, 3.63) is 75.7 Å². The first-order valence-corrected chi connectivity index (χ1v) is 8.16. The molecule has 0 bridgehead atoms. The molecule has 0 saturated heterocycles. The summed E-state index contributed by atoms with van der Waals surface area (Å²) in [4.78, 5) is 22.5. The molecule has 0 aliphatic heterocycles. The van der Waals surface area contributed by atoms with Crippen molar-refractivity contribution < 1.29 is 18.8 Å². The molecular weight excluding hydrogens is 367 g/mol. The number of halogens is 1. The van der Waals surface area contributed by atoms with E-state index in [9.17, 15) is 24.6 Å². The van der Waals surface area contributed by atoms with E-state index in [-0.39, 0.29) is 28.5 Å². The molecule has 9 heteroatoms. The minimum atomic E-state index is -0.701. The summed E-state index contributed by atoms with van der Waals surface area (Å²) in [7, 11) is 1.31. The lowest BCUT2D eigenvalue weighted by Gasteiger charge is -2.09. The molecule has 0 unspecified atom stereocenters. The van der Waals surface area contributed by atoms with Crippen LogP contribution in [-0.2, 0) is 11.2 Å². The van der Waals surface area contributed by atoms with Gasteiger partial charge >= 0.3 is 0 Å². The fourth-order valence-corrected chi connectivity index (χ4v) is 2.32. The highest BCUT2D eigenvalue weighted by molar-refractivity contribution is 6.07. The number of nitro benzene ring substituents is 1. The number of carbonyl (C=O) groups is 1. The van der Waals surface area contributed by atoms with Crippen LogP contribution in [0.5, 0.6) is 5.75 Å². The Morgan fingerprint density at radius 3 is 2.79 bits per heavy atom. The van der Waals surface area contributed by atoms with Crippen molar-refractivity contribution in [2.75, 3.05) is 19.0 Å². The molecule has 28 heavy (non-hydrogen) atoms. The van der Waals surface area contributed by atoms with E-state index < -0.39 is 10.8 Å². The van der Waals surface area contributed by atoms with Crippen LogP contribution >= 0.6 is 0 Å². The van der Waals surface area contributed by atoms with Gasteiger partial charge in [-0.1, -0.05) is 12.1 Å². The highest BCUT2D eigenvalue weighted by Crippen LogP contribution is 2.29. The third-order valence-electron chi connectivity index (χ3n) is 3.70. The maximum absolute atomic E-state index is 13.1. The number of rotatable bonds is 8. The number of amides is 1. The molecule has 0 aromatic heterocycles.